The molecule has 3 N–H and O–H groups in total. The molecule has 3 atom stereocenters. The van der Waals surface area contributed by atoms with E-state index in [0.29, 0.717) is 19.3 Å². The molecule has 3 unspecified atom stereocenters. The van der Waals surface area contributed by atoms with Gasteiger partial charge in [-0.2, -0.15) is 0 Å². The number of unbranched alkanes of at least 4 members (excludes halogenated alkanes) is 18. The molecule has 0 saturated heterocycles. The van der Waals surface area contributed by atoms with E-state index in [2.05, 4.69) is 86.8 Å². The van der Waals surface area contributed by atoms with Gasteiger partial charge in [-0.15, -0.1) is 0 Å². The van der Waals surface area contributed by atoms with Gasteiger partial charge in [0.25, 0.3) is 0 Å². The number of hydrogen-bond acceptors (Lipinski definition) is 5. The lowest BCUT2D eigenvalue weighted by Gasteiger charge is -2.24. The van der Waals surface area contributed by atoms with Crippen molar-refractivity contribution in [3.05, 3.63) is 109 Å². The smallest absolute Gasteiger partial charge is 0.306 e. The molecule has 1 amide bonds. The van der Waals surface area contributed by atoms with Crippen molar-refractivity contribution in [1.82, 2.24) is 5.32 Å². The summed E-state index contributed by atoms with van der Waals surface area (Å²) in [6.07, 6.45) is 67.2. The Balaban J connectivity index is 4.72. The second kappa shape index (κ2) is 49.5. The first-order valence-corrected chi connectivity index (χ1v) is 25.7. The Kier molecular flexibility index (Phi) is 46.8. The van der Waals surface area contributed by atoms with E-state index in [1.807, 2.05) is 48.6 Å². The summed E-state index contributed by atoms with van der Waals surface area (Å²) in [6.45, 7) is 6.19. The van der Waals surface area contributed by atoms with Gasteiger partial charge >= 0.3 is 5.97 Å². The van der Waals surface area contributed by atoms with Crippen molar-refractivity contribution in [3.8, 4) is 0 Å². The maximum Gasteiger partial charge on any atom is 0.306 e. The normalized spacial score (nSPS) is 14.2. The average Bonchev–Trinajstić information content (AvgIpc) is 3.28. The maximum atomic E-state index is 13.2. The molecule has 0 aromatic rings. The highest BCUT2D eigenvalue weighted by atomic mass is 16.5. The van der Waals surface area contributed by atoms with Gasteiger partial charge in [-0.3, -0.25) is 9.59 Å². The quantitative estimate of drug-likeness (QED) is 0.0245. The lowest BCUT2D eigenvalue weighted by atomic mass is 10.0. The minimum absolute atomic E-state index is 0.00905. The summed E-state index contributed by atoms with van der Waals surface area (Å²) in [6, 6.07) is -0.738. The molecule has 358 valence electrons. The van der Waals surface area contributed by atoms with Gasteiger partial charge in [0.15, 0.2) is 0 Å². The topological polar surface area (TPSA) is 95.9 Å². The van der Waals surface area contributed by atoms with E-state index >= 15 is 0 Å². The molecule has 0 bridgehead atoms. The lowest BCUT2D eigenvalue weighted by molar-refractivity contribution is -0.151. The summed E-state index contributed by atoms with van der Waals surface area (Å²) in [5, 5.41) is 23.8. The third-order valence-electron chi connectivity index (χ3n) is 11.0. The number of nitrogens with one attached hydrogen (secondary N) is 1. The summed E-state index contributed by atoms with van der Waals surface area (Å²) in [5.74, 6) is -0.592. The zero-order valence-electron chi connectivity index (χ0n) is 40.7. The number of carbonyl (C=O) groups excluding carboxylic acids is 2. The van der Waals surface area contributed by atoms with E-state index in [1.165, 1.54) is 77.0 Å². The molecule has 0 saturated carbocycles. The fourth-order valence-corrected chi connectivity index (χ4v) is 7.15. The third kappa shape index (κ3) is 44.9. The third-order valence-corrected chi connectivity index (χ3v) is 11.0. The van der Waals surface area contributed by atoms with E-state index in [0.717, 1.165) is 89.9 Å². The predicted molar refractivity (Wildman–Crippen MR) is 273 cm³/mol. The first-order chi connectivity index (χ1) is 31.0. The van der Waals surface area contributed by atoms with Crippen LogP contribution in [0.15, 0.2) is 109 Å². The number of aliphatic hydroxyl groups is 2. The highest BCUT2D eigenvalue weighted by molar-refractivity contribution is 5.77. The van der Waals surface area contributed by atoms with E-state index in [1.54, 1.807) is 0 Å². The molecule has 0 aliphatic carbocycles. The Morgan fingerprint density at radius 2 is 0.952 bits per heavy atom. The number of ether oxygens (including phenoxy) is 1. The molecule has 0 spiro atoms. The summed E-state index contributed by atoms with van der Waals surface area (Å²) in [5.41, 5.74) is 0. The summed E-state index contributed by atoms with van der Waals surface area (Å²) in [7, 11) is 0. The Bertz CT molecular complexity index is 1300. The van der Waals surface area contributed by atoms with Crippen molar-refractivity contribution in [3.63, 3.8) is 0 Å². The van der Waals surface area contributed by atoms with Crippen LogP contribution in [0.3, 0.4) is 0 Å². The Hall–Kier alpha value is -3.48. The second-order valence-corrected chi connectivity index (χ2v) is 16.9. The van der Waals surface area contributed by atoms with E-state index in [9.17, 15) is 19.8 Å². The van der Waals surface area contributed by atoms with Crippen LogP contribution in [0.25, 0.3) is 0 Å². The van der Waals surface area contributed by atoms with Crippen LogP contribution in [-0.2, 0) is 14.3 Å². The Labute approximate surface area is 388 Å². The number of hydrogen-bond donors (Lipinski definition) is 3. The van der Waals surface area contributed by atoms with Crippen molar-refractivity contribution in [1.29, 1.82) is 0 Å². The molecule has 0 fully saturated rings. The molecule has 0 aliphatic rings. The van der Waals surface area contributed by atoms with Gasteiger partial charge in [0.05, 0.1) is 25.2 Å². The molecule has 0 aromatic heterocycles. The number of esters is 1. The fourth-order valence-electron chi connectivity index (χ4n) is 7.15. The Morgan fingerprint density at radius 1 is 0.492 bits per heavy atom. The van der Waals surface area contributed by atoms with E-state index < -0.39 is 18.2 Å². The summed E-state index contributed by atoms with van der Waals surface area (Å²) in [4.78, 5) is 26.1. The SMILES string of the molecule is CC/C=C/C=C/C=C\C=C/C=C/CCCC(CC(=O)NC(CO)C(O)CCCCCCCCCCCCCCCCC)OC(=O)CCCCC/C=C/C/C=C/C/C=C/C/C=C/CC. The molecule has 0 aromatic carbocycles. The minimum Gasteiger partial charge on any atom is -0.462 e. The number of carbonyl (C=O) groups is 2. The molecular weight excluding hydrogens is 779 g/mol. The van der Waals surface area contributed by atoms with E-state index in [4.69, 9.17) is 4.74 Å². The predicted octanol–water partition coefficient (Wildman–Crippen LogP) is 15.5. The molecule has 6 nitrogen and oxygen atoms in total. The van der Waals surface area contributed by atoms with E-state index in [-0.39, 0.29) is 24.9 Å². The van der Waals surface area contributed by atoms with Gasteiger partial charge in [0.1, 0.15) is 6.10 Å². The van der Waals surface area contributed by atoms with Crippen molar-refractivity contribution in [2.24, 2.45) is 0 Å². The van der Waals surface area contributed by atoms with Crippen LogP contribution in [0.5, 0.6) is 0 Å². The molecule has 0 radical (unpaired) electrons. The Morgan fingerprint density at radius 3 is 1.49 bits per heavy atom. The van der Waals surface area contributed by atoms with Crippen LogP contribution in [0.1, 0.15) is 213 Å². The zero-order valence-corrected chi connectivity index (χ0v) is 40.7. The fraction of sp³-hybridized carbons (Fsp3) is 0.649. The number of rotatable bonds is 44. The van der Waals surface area contributed by atoms with Gasteiger partial charge in [-0.25, -0.2) is 0 Å². The van der Waals surface area contributed by atoms with Crippen molar-refractivity contribution >= 4 is 11.9 Å². The van der Waals surface area contributed by atoms with Crippen molar-refractivity contribution < 1.29 is 24.5 Å². The standard InChI is InChI=1S/C57H95NO5/c1-4-7-10-13-16-19-22-25-27-29-32-35-38-41-44-47-50-57(62)63-53(48-45-42-39-36-33-30-24-21-18-15-12-9-6-3)51-56(61)58-54(52-59)55(60)49-46-43-40-37-34-31-28-26-23-20-17-14-11-8-5-2/h7,9-10,12,15-16,18-19,21,24-25,27,30,32-33,35-36,39,53-55,59-60H,4-6,8,11,13-14,17,20,22-23,26,28-29,31,34,37-38,40-52H2,1-3H3,(H,58,61)/b10-7+,12-9+,18-15+,19-16+,24-21-,27-25+,33-30-,35-32+,39-36+. The highest BCUT2D eigenvalue weighted by Crippen LogP contribution is 2.17. The molecular formula is C57H95NO5. The van der Waals surface area contributed by atoms with Gasteiger partial charge in [-0.1, -0.05) is 233 Å². The highest BCUT2D eigenvalue weighted by Gasteiger charge is 2.24. The number of allylic oxidation sites excluding steroid dienone is 18. The van der Waals surface area contributed by atoms with Gasteiger partial charge in [-0.05, 0) is 77.0 Å². The first-order valence-electron chi connectivity index (χ1n) is 25.7. The van der Waals surface area contributed by atoms with Crippen LogP contribution in [0, 0.1) is 0 Å². The van der Waals surface area contributed by atoms with Gasteiger partial charge in [0.2, 0.25) is 5.91 Å². The van der Waals surface area contributed by atoms with Crippen molar-refractivity contribution in [2.75, 3.05) is 6.61 Å². The van der Waals surface area contributed by atoms with Crippen LogP contribution >= 0.6 is 0 Å². The monoisotopic (exact) mass is 874 g/mol. The van der Waals surface area contributed by atoms with Gasteiger partial charge in [0, 0.05) is 6.42 Å². The van der Waals surface area contributed by atoms with Gasteiger partial charge < -0.3 is 20.3 Å². The summed E-state index contributed by atoms with van der Waals surface area (Å²) >= 11 is 0. The molecule has 0 aliphatic heterocycles. The van der Waals surface area contributed by atoms with Crippen LogP contribution in [0.2, 0.25) is 0 Å². The second-order valence-electron chi connectivity index (χ2n) is 16.9. The molecule has 63 heavy (non-hydrogen) atoms. The lowest BCUT2D eigenvalue weighted by Crippen LogP contribution is -2.46. The van der Waals surface area contributed by atoms with Crippen LogP contribution in [0.4, 0.5) is 0 Å². The number of amides is 1. The molecule has 0 heterocycles. The van der Waals surface area contributed by atoms with Crippen LogP contribution < -0.4 is 5.32 Å². The molecule has 0 rings (SSSR count). The van der Waals surface area contributed by atoms with Crippen LogP contribution in [-0.4, -0.2) is 46.9 Å². The average molecular weight is 874 g/mol. The minimum atomic E-state index is -0.819. The maximum absolute atomic E-state index is 13.2. The molecule has 6 heteroatoms. The number of aliphatic hydroxyl groups excluding tert-OH is 2. The zero-order chi connectivity index (χ0) is 45.9. The largest absolute Gasteiger partial charge is 0.462 e. The first kappa shape index (κ1) is 59.5. The summed E-state index contributed by atoms with van der Waals surface area (Å²) < 4.78 is 5.88. The van der Waals surface area contributed by atoms with Crippen molar-refractivity contribution in [2.45, 2.75) is 232 Å².